The molecule has 1 aromatic carbocycles. The molecule has 1 aromatic rings. The van der Waals surface area contributed by atoms with E-state index in [1.54, 1.807) is 7.11 Å². The third-order valence-corrected chi connectivity index (χ3v) is 2.96. The summed E-state index contributed by atoms with van der Waals surface area (Å²) in [5, 5.41) is 11.1. The van der Waals surface area contributed by atoms with E-state index in [0.717, 1.165) is 11.3 Å². The van der Waals surface area contributed by atoms with Gasteiger partial charge in [-0.3, -0.25) is 0 Å². The SMILES string of the molecule is COc1ccc(C2C(C(C)C)N2O)cc1. The number of hydroxylamine groups is 2. The van der Waals surface area contributed by atoms with Crippen molar-refractivity contribution in [2.24, 2.45) is 5.92 Å². The molecule has 3 nitrogen and oxygen atoms in total. The lowest BCUT2D eigenvalue weighted by atomic mass is 10.0. The predicted octanol–water partition coefficient (Wildman–Crippen LogP) is 2.47. The molecular formula is C12H17NO2. The molecule has 3 atom stereocenters. The van der Waals surface area contributed by atoms with Gasteiger partial charge in [0.2, 0.25) is 0 Å². The molecule has 15 heavy (non-hydrogen) atoms. The highest BCUT2D eigenvalue weighted by molar-refractivity contribution is 5.32. The molecule has 0 bridgehead atoms. The van der Waals surface area contributed by atoms with Crippen LogP contribution in [-0.2, 0) is 0 Å². The molecule has 3 heteroatoms. The molecule has 0 amide bonds. The summed E-state index contributed by atoms with van der Waals surface area (Å²) in [7, 11) is 1.65. The number of hydrogen-bond donors (Lipinski definition) is 1. The minimum absolute atomic E-state index is 0.163. The number of nitrogens with zero attached hydrogens (tertiary/aromatic N) is 1. The molecule has 3 unspecified atom stereocenters. The minimum Gasteiger partial charge on any atom is -0.497 e. The Balaban J connectivity index is 2.11. The van der Waals surface area contributed by atoms with Crippen molar-refractivity contribution in [3.05, 3.63) is 29.8 Å². The Labute approximate surface area is 90.2 Å². The van der Waals surface area contributed by atoms with E-state index in [9.17, 15) is 5.21 Å². The number of ether oxygens (including phenoxy) is 1. The standard InChI is InChI=1S/C12H17NO2/c1-8(2)11-12(13(11)14)9-4-6-10(15-3)7-5-9/h4-8,11-12,14H,1-3H3. The highest BCUT2D eigenvalue weighted by Crippen LogP contribution is 2.45. The van der Waals surface area contributed by atoms with Crippen LogP contribution in [0.5, 0.6) is 5.75 Å². The average Bonchev–Trinajstić information content (AvgIpc) is 2.90. The molecule has 1 saturated heterocycles. The Hall–Kier alpha value is -1.06. The maximum atomic E-state index is 9.64. The summed E-state index contributed by atoms with van der Waals surface area (Å²) in [4.78, 5) is 0. The van der Waals surface area contributed by atoms with Crippen LogP contribution in [0.15, 0.2) is 24.3 Å². The van der Waals surface area contributed by atoms with Crippen LogP contribution in [0.2, 0.25) is 0 Å². The van der Waals surface area contributed by atoms with Crippen LogP contribution in [0.3, 0.4) is 0 Å². The summed E-state index contributed by atoms with van der Waals surface area (Å²) < 4.78 is 5.09. The van der Waals surface area contributed by atoms with Crippen molar-refractivity contribution in [3.8, 4) is 5.75 Å². The summed E-state index contributed by atoms with van der Waals surface area (Å²) >= 11 is 0. The number of rotatable bonds is 3. The molecule has 0 aromatic heterocycles. The Morgan fingerprint density at radius 2 is 1.87 bits per heavy atom. The first-order valence-electron chi connectivity index (χ1n) is 5.26. The van der Waals surface area contributed by atoms with Crippen molar-refractivity contribution in [2.75, 3.05) is 7.11 Å². The summed E-state index contributed by atoms with van der Waals surface area (Å²) in [6.07, 6.45) is 0. The van der Waals surface area contributed by atoms with E-state index < -0.39 is 0 Å². The summed E-state index contributed by atoms with van der Waals surface area (Å²) in [6.45, 7) is 4.24. The van der Waals surface area contributed by atoms with Crippen molar-refractivity contribution in [1.82, 2.24) is 5.06 Å². The first kappa shape index (κ1) is 10.5. The number of benzene rings is 1. The molecular weight excluding hydrogens is 190 g/mol. The van der Waals surface area contributed by atoms with Gasteiger partial charge in [0.15, 0.2) is 0 Å². The van der Waals surface area contributed by atoms with E-state index in [1.807, 2.05) is 24.3 Å². The highest BCUT2D eigenvalue weighted by atomic mass is 16.5. The first-order valence-corrected chi connectivity index (χ1v) is 5.26. The zero-order valence-electron chi connectivity index (χ0n) is 9.34. The van der Waals surface area contributed by atoms with Gasteiger partial charge in [-0.1, -0.05) is 26.0 Å². The molecule has 1 heterocycles. The molecule has 0 saturated carbocycles. The maximum absolute atomic E-state index is 9.64. The summed E-state index contributed by atoms with van der Waals surface area (Å²) in [6, 6.07) is 8.30. The van der Waals surface area contributed by atoms with Crippen molar-refractivity contribution < 1.29 is 9.94 Å². The van der Waals surface area contributed by atoms with E-state index >= 15 is 0 Å². The average molecular weight is 207 g/mol. The van der Waals surface area contributed by atoms with Gasteiger partial charge < -0.3 is 9.94 Å². The Morgan fingerprint density at radius 3 is 2.27 bits per heavy atom. The van der Waals surface area contributed by atoms with Crippen LogP contribution in [0.1, 0.15) is 25.5 Å². The van der Waals surface area contributed by atoms with Gasteiger partial charge in [-0.15, -0.1) is 0 Å². The van der Waals surface area contributed by atoms with Crippen LogP contribution in [0.4, 0.5) is 0 Å². The molecule has 82 valence electrons. The number of methoxy groups -OCH3 is 1. The Kier molecular flexibility index (Phi) is 2.67. The summed E-state index contributed by atoms with van der Waals surface area (Å²) in [5.74, 6) is 1.33. The largest absolute Gasteiger partial charge is 0.497 e. The minimum atomic E-state index is 0.163. The quantitative estimate of drug-likeness (QED) is 0.773. The fourth-order valence-corrected chi connectivity index (χ4v) is 2.06. The van der Waals surface area contributed by atoms with Crippen molar-refractivity contribution in [1.29, 1.82) is 0 Å². The lowest BCUT2D eigenvalue weighted by Gasteiger charge is -2.02. The van der Waals surface area contributed by atoms with Crippen LogP contribution < -0.4 is 4.74 Å². The second kappa shape index (κ2) is 3.83. The van der Waals surface area contributed by atoms with Crippen LogP contribution >= 0.6 is 0 Å². The van der Waals surface area contributed by atoms with Crippen LogP contribution in [0, 0.1) is 5.92 Å². The van der Waals surface area contributed by atoms with E-state index in [1.165, 1.54) is 5.06 Å². The normalized spacial score (nSPS) is 29.3. The van der Waals surface area contributed by atoms with Crippen molar-refractivity contribution in [2.45, 2.75) is 25.9 Å². The van der Waals surface area contributed by atoms with Crippen LogP contribution in [0.25, 0.3) is 0 Å². The van der Waals surface area contributed by atoms with Gasteiger partial charge in [-0.05, 0) is 23.6 Å². The highest BCUT2D eigenvalue weighted by Gasteiger charge is 2.49. The van der Waals surface area contributed by atoms with Gasteiger partial charge in [0.05, 0.1) is 19.2 Å². The molecule has 0 aliphatic carbocycles. The fraction of sp³-hybridized carbons (Fsp3) is 0.500. The molecule has 0 radical (unpaired) electrons. The van der Waals surface area contributed by atoms with Crippen LogP contribution in [-0.4, -0.2) is 23.4 Å². The molecule has 1 aliphatic rings. The second-order valence-corrected chi connectivity index (χ2v) is 4.33. The van der Waals surface area contributed by atoms with Gasteiger partial charge >= 0.3 is 0 Å². The van der Waals surface area contributed by atoms with Gasteiger partial charge in [0.1, 0.15) is 5.75 Å². The monoisotopic (exact) mass is 207 g/mol. The molecule has 1 fully saturated rings. The van der Waals surface area contributed by atoms with E-state index in [2.05, 4.69) is 13.8 Å². The second-order valence-electron chi connectivity index (χ2n) is 4.33. The number of hydrogen-bond acceptors (Lipinski definition) is 3. The Bertz CT molecular complexity index is 334. The smallest absolute Gasteiger partial charge is 0.118 e. The van der Waals surface area contributed by atoms with E-state index in [4.69, 9.17) is 4.74 Å². The third-order valence-electron chi connectivity index (χ3n) is 2.96. The van der Waals surface area contributed by atoms with Gasteiger partial charge in [-0.2, -0.15) is 5.06 Å². The fourth-order valence-electron chi connectivity index (χ4n) is 2.06. The summed E-state index contributed by atoms with van der Waals surface area (Å²) in [5.41, 5.74) is 1.15. The zero-order chi connectivity index (χ0) is 11.0. The van der Waals surface area contributed by atoms with Gasteiger partial charge in [0.25, 0.3) is 0 Å². The Morgan fingerprint density at radius 1 is 1.27 bits per heavy atom. The van der Waals surface area contributed by atoms with Gasteiger partial charge in [0, 0.05) is 0 Å². The third kappa shape index (κ3) is 1.85. The van der Waals surface area contributed by atoms with E-state index in [-0.39, 0.29) is 12.1 Å². The van der Waals surface area contributed by atoms with Crippen molar-refractivity contribution >= 4 is 0 Å². The van der Waals surface area contributed by atoms with E-state index in [0.29, 0.717) is 5.92 Å². The topological polar surface area (TPSA) is 32.5 Å². The lowest BCUT2D eigenvalue weighted by Crippen LogP contribution is -2.02. The molecule has 0 spiro atoms. The lowest BCUT2D eigenvalue weighted by molar-refractivity contribution is -0.000522. The zero-order valence-corrected chi connectivity index (χ0v) is 9.34. The van der Waals surface area contributed by atoms with Crippen molar-refractivity contribution in [3.63, 3.8) is 0 Å². The predicted molar refractivity (Wildman–Crippen MR) is 58.0 cm³/mol. The molecule has 1 N–H and O–H groups in total. The molecule has 2 rings (SSSR count). The molecule has 1 aliphatic heterocycles. The van der Waals surface area contributed by atoms with Gasteiger partial charge in [-0.25, -0.2) is 0 Å². The maximum Gasteiger partial charge on any atom is 0.118 e. The first-order chi connectivity index (χ1) is 7.15.